The molecule has 0 amide bonds. The zero-order valence-corrected chi connectivity index (χ0v) is 11.6. The molecule has 1 fully saturated rings. The zero-order valence-electron chi connectivity index (χ0n) is 10.8. The van der Waals surface area contributed by atoms with Crippen LogP contribution in [0.4, 0.5) is 8.78 Å². The fraction of sp³-hybridized carbons (Fsp3) is 0.250. The molecule has 104 valence electrons. The Morgan fingerprint density at radius 2 is 1.70 bits per heavy atom. The van der Waals surface area contributed by atoms with Gasteiger partial charge in [0.15, 0.2) is 0 Å². The lowest BCUT2D eigenvalue weighted by atomic mass is 9.99. The van der Waals surface area contributed by atoms with Crippen molar-refractivity contribution >= 4 is 11.6 Å². The van der Waals surface area contributed by atoms with Gasteiger partial charge in [0.05, 0.1) is 0 Å². The number of rotatable bonds is 4. The van der Waals surface area contributed by atoms with E-state index in [1.807, 2.05) is 0 Å². The van der Waals surface area contributed by atoms with Crippen molar-refractivity contribution in [2.75, 3.05) is 0 Å². The molecule has 1 nitrogen and oxygen atoms in total. The maximum atomic E-state index is 13.4. The van der Waals surface area contributed by atoms with Crippen molar-refractivity contribution in [3.63, 3.8) is 0 Å². The van der Waals surface area contributed by atoms with E-state index in [4.69, 9.17) is 11.6 Å². The van der Waals surface area contributed by atoms with Gasteiger partial charge >= 0.3 is 0 Å². The molecule has 4 heteroatoms. The van der Waals surface area contributed by atoms with E-state index >= 15 is 0 Å². The van der Waals surface area contributed by atoms with Gasteiger partial charge in [-0.25, -0.2) is 8.78 Å². The summed E-state index contributed by atoms with van der Waals surface area (Å²) < 4.78 is 26.9. The fourth-order valence-electron chi connectivity index (χ4n) is 2.22. The molecule has 0 atom stereocenters. The van der Waals surface area contributed by atoms with Crippen molar-refractivity contribution in [2.45, 2.75) is 25.4 Å². The second kappa shape index (κ2) is 5.51. The lowest BCUT2D eigenvalue weighted by molar-refractivity contribution is 0.620. The van der Waals surface area contributed by atoms with Gasteiger partial charge in [0.2, 0.25) is 0 Å². The van der Waals surface area contributed by atoms with E-state index in [1.165, 1.54) is 30.3 Å². The molecule has 0 radical (unpaired) electrons. The highest BCUT2D eigenvalue weighted by Crippen LogP contribution is 2.32. The normalized spacial score (nSPS) is 14.6. The van der Waals surface area contributed by atoms with E-state index in [0.717, 1.165) is 24.0 Å². The average molecular weight is 294 g/mol. The van der Waals surface area contributed by atoms with Crippen LogP contribution in [0.5, 0.6) is 0 Å². The maximum Gasteiger partial charge on any atom is 0.123 e. The number of hydrogen-bond donors (Lipinski definition) is 1. The van der Waals surface area contributed by atoms with E-state index in [2.05, 4.69) is 5.32 Å². The molecule has 0 unspecified atom stereocenters. The summed E-state index contributed by atoms with van der Waals surface area (Å²) in [7, 11) is 0. The Hall–Kier alpha value is -1.45. The predicted octanol–water partition coefficient (Wildman–Crippen LogP) is 4.54. The van der Waals surface area contributed by atoms with Gasteiger partial charge in [0, 0.05) is 23.2 Å². The number of benzene rings is 2. The first-order valence-electron chi connectivity index (χ1n) is 6.61. The Morgan fingerprint density at radius 3 is 2.45 bits per heavy atom. The zero-order chi connectivity index (χ0) is 14.1. The van der Waals surface area contributed by atoms with Crippen molar-refractivity contribution < 1.29 is 8.78 Å². The Kier molecular flexibility index (Phi) is 3.72. The molecular weight excluding hydrogens is 280 g/mol. The molecule has 2 aromatic rings. The molecule has 1 aliphatic rings. The van der Waals surface area contributed by atoms with Crippen molar-refractivity contribution in [3.05, 3.63) is 58.6 Å². The van der Waals surface area contributed by atoms with Crippen molar-refractivity contribution in [2.24, 2.45) is 0 Å². The molecule has 0 spiro atoms. The lowest BCUT2D eigenvalue weighted by Crippen LogP contribution is -2.16. The van der Waals surface area contributed by atoms with Crippen LogP contribution in [0.3, 0.4) is 0 Å². The monoisotopic (exact) mass is 293 g/mol. The van der Waals surface area contributed by atoms with Crippen LogP contribution >= 0.6 is 11.6 Å². The smallest absolute Gasteiger partial charge is 0.123 e. The molecule has 1 N–H and O–H groups in total. The van der Waals surface area contributed by atoms with Crippen molar-refractivity contribution in [1.82, 2.24) is 5.32 Å². The first-order chi connectivity index (χ1) is 9.63. The van der Waals surface area contributed by atoms with Gasteiger partial charge in [-0.3, -0.25) is 0 Å². The second-order valence-electron chi connectivity index (χ2n) is 5.08. The van der Waals surface area contributed by atoms with Crippen LogP contribution in [0.15, 0.2) is 36.4 Å². The fourth-order valence-corrected chi connectivity index (χ4v) is 2.44. The molecule has 0 heterocycles. The highest BCUT2D eigenvalue weighted by atomic mass is 35.5. The van der Waals surface area contributed by atoms with Gasteiger partial charge in [0.1, 0.15) is 11.6 Å². The van der Waals surface area contributed by atoms with Gasteiger partial charge in [-0.15, -0.1) is 0 Å². The van der Waals surface area contributed by atoms with Crippen LogP contribution in [0.25, 0.3) is 11.1 Å². The number of halogens is 3. The van der Waals surface area contributed by atoms with Gasteiger partial charge in [-0.2, -0.15) is 0 Å². The molecule has 3 rings (SSSR count). The van der Waals surface area contributed by atoms with Crippen molar-refractivity contribution in [3.8, 4) is 11.1 Å². The third-order valence-corrected chi connectivity index (χ3v) is 3.77. The standard InChI is InChI=1S/C16H14ClF2N/c17-16-6-2-12(19)8-15(16)14-5-1-11(18)7-10(14)9-20-13-3-4-13/h1-2,5-8,13,20H,3-4,9H2. The van der Waals surface area contributed by atoms with Crippen LogP contribution in [-0.2, 0) is 6.54 Å². The Morgan fingerprint density at radius 1 is 1.00 bits per heavy atom. The van der Waals surface area contributed by atoms with E-state index in [-0.39, 0.29) is 11.6 Å². The maximum absolute atomic E-state index is 13.4. The summed E-state index contributed by atoms with van der Waals surface area (Å²) in [5.41, 5.74) is 2.16. The van der Waals surface area contributed by atoms with Crippen LogP contribution in [0, 0.1) is 11.6 Å². The van der Waals surface area contributed by atoms with Crippen molar-refractivity contribution in [1.29, 1.82) is 0 Å². The molecule has 20 heavy (non-hydrogen) atoms. The van der Waals surface area contributed by atoms with E-state index in [0.29, 0.717) is 23.2 Å². The summed E-state index contributed by atoms with van der Waals surface area (Å²) in [6.07, 6.45) is 2.32. The topological polar surface area (TPSA) is 12.0 Å². The minimum atomic E-state index is -0.352. The number of nitrogens with one attached hydrogen (secondary N) is 1. The predicted molar refractivity (Wildman–Crippen MR) is 76.7 cm³/mol. The Labute approximate surface area is 121 Å². The third kappa shape index (κ3) is 3.00. The summed E-state index contributed by atoms with van der Waals surface area (Å²) in [6.45, 7) is 0.560. The molecule has 0 bridgehead atoms. The molecule has 0 aliphatic heterocycles. The Balaban J connectivity index is 1.99. The summed E-state index contributed by atoms with van der Waals surface area (Å²) >= 11 is 6.14. The third-order valence-electron chi connectivity index (χ3n) is 3.44. The van der Waals surface area contributed by atoms with Crippen LogP contribution in [0.2, 0.25) is 5.02 Å². The molecule has 0 aromatic heterocycles. The van der Waals surface area contributed by atoms with E-state index < -0.39 is 0 Å². The first kappa shape index (κ1) is 13.5. The Bertz CT molecular complexity index is 638. The molecular formula is C16H14ClF2N. The second-order valence-corrected chi connectivity index (χ2v) is 5.49. The first-order valence-corrected chi connectivity index (χ1v) is 6.98. The highest BCUT2D eigenvalue weighted by Gasteiger charge is 2.21. The van der Waals surface area contributed by atoms with E-state index in [9.17, 15) is 8.78 Å². The van der Waals surface area contributed by atoms with E-state index in [1.54, 1.807) is 6.07 Å². The summed E-state index contributed by atoms with van der Waals surface area (Å²) in [5.74, 6) is -0.649. The minimum absolute atomic E-state index is 0.297. The van der Waals surface area contributed by atoms with Gasteiger partial charge in [0.25, 0.3) is 0 Å². The summed E-state index contributed by atoms with van der Waals surface area (Å²) in [4.78, 5) is 0. The van der Waals surface area contributed by atoms with Crippen LogP contribution < -0.4 is 5.32 Å². The highest BCUT2D eigenvalue weighted by molar-refractivity contribution is 6.33. The minimum Gasteiger partial charge on any atom is -0.310 e. The molecule has 1 aliphatic carbocycles. The SMILES string of the molecule is Fc1ccc(-c2cc(F)ccc2Cl)c(CNC2CC2)c1. The molecule has 1 saturated carbocycles. The van der Waals surface area contributed by atoms with Gasteiger partial charge in [-0.1, -0.05) is 17.7 Å². The lowest BCUT2D eigenvalue weighted by Gasteiger charge is -2.12. The van der Waals surface area contributed by atoms with Crippen LogP contribution in [-0.4, -0.2) is 6.04 Å². The molecule has 0 saturated heterocycles. The average Bonchev–Trinajstić information content (AvgIpc) is 3.24. The van der Waals surface area contributed by atoms with Gasteiger partial charge in [-0.05, 0) is 54.3 Å². The molecule has 2 aromatic carbocycles. The largest absolute Gasteiger partial charge is 0.310 e. The van der Waals surface area contributed by atoms with Crippen LogP contribution in [0.1, 0.15) is 18.4 Å². The van der Waals surface area contributed by atoms with Gasteiger partial charge < -0.3 is 5.32 Å². The quantitative estimate of drug-likeness (QED) is 0.873. The number of hydrogen-bond acceptors (Lipinski definition) is 1. The summed E-state index contributed by atoms with van der Waals surface area (Å²) in [5, 5.41) is 3.80. The summed E-state index contributed by atoms with van der Waals surface area (Å²) in [6, 6.07) is 9.25.